The molecule has 2 aromatic carbocycles. The molecule has 0 bridgehead atoms. The first-order valence-corrected chi connectivity index (χ1v) is 9.95. The highest BCUT2D eigenvalue weighted by atomic mass is 35.5. The number of benzene rings is 2. The molecule has 3 rings (SSSR count). The summed E-state index contributed by atoms with van der Waals surface area (Å²) in [6, 6.07) is 13.7. The molecule has 3 aromatic rings. The minimum absolute atomic E-state index is 0.259. The molecule has 158 valence electrons. The number of aromatic nitrogens is 2. The first-order chi connectivity index (χ1) is 14.8. The maximum absolute atomic E-state index is 12.5. The molecule has 1 amide bonds. The van der Waals surface area contributed by atoms with Gasteiger partial charge in [-0.2, -0.15) is 10.4 Å². The van der Waals surface area contributed by atoms with Gasteiger partial charge in [0.15, 0.2) is 0 Å². The Hall–Kier alpha value is -3.63. The summed E-state index contributed by atoms with van der Waals surface area (Å²) in [5, 5.41) is 16.6. The summed E-state index contributed by atoms with van der Waals surface area (Å²) >= 11 is 6.02. The largest absolute Gasteiger partial charge is 0.469 e. The lowest BCUT2D eigenvalue weighted by Crippen LogP contribution is -2.12. The summed E-state index contributed by atoms with van der Waals surface area (Å²) in [5.41, 5.74) is 4.92. The molecule has 0 atom stereocenters. The van der Waals surface area contributed by atoms with Crippen LogP contribution >= 0.6 is 11.6 Å². The Morgan fingerprint density at radius 1 is 1.19 bits per heavy atom. The molecule has 0 saturated heterocycles. The van der Waals surface area contributed by atoms with Gasteiger partial charge in [0.2, 0.25) is 0 Å². The van der Waals surface area contributed by atoms with Crippen molar-refractivity contribution in [1.29, 1.82) is 5.26 Å². The number of carbonyl (C=O) groups excluding carboxylic acids is 2. The molecule has 0 radical (unpaired) electrons. The minimum atomic E-state index is -0.292. The van der Waals surface area contributed by atoms with E-state index >= 15 is 0 Å². The molecule has 31 heavy (non-hydrogen) atoms. The number of rotatable bonds is 6. The molecule has 1 aromatic heterocycles. The second-order valence-corrected chi connectivity index (χ2v) is 7.35. The van der Waals surface area contributed by atoms with Gasteiger partial charge in [0.25, 0.3) is 5.91 Å². The lowest BCUT2D eigenvalue weighted by atomic mass is 10.1. The Morgan fingerprint density at radius 2 is 1.90 bits per heavy atom. The molecule has 7 nitrogen and oxygen atoms in total. The second-order valence-electron chi connectivity index (χ2n) is 6.94. The number of methoxy groups -OCH3 is 1. The smallest absolute Gasteiger partial charge is 0.305 e. The van der Waals surface area contributed by atoms with E-state index in [1.54, 1.807) is 28.9 Å². The standard InChI is InChI=1S/C23H21ClN4O3/c1-14-20(10-11-22(29)31-3)15(2)28(27-14)19-8-5-16(6-9-19)23(30)26-18-7-4-17(13-25)21(24)12-18/h4-9,12H,10-11H2,1-3H3,(H,26,30). The Kier molecular flexibility index (Phi) is 6.73. The molecule has 8 heteroatoms. The highest BCUT2D eigenvalue weighted by Gasteiger charge is 2.15. The van der Waals surface area contributed by atoms with E-state index in [0.717, 1.165) is 22.6 Å². The van der Waals surface area contributed by atoms with E-state index in [0.29, 0.717) is 29.7 Å². The summed E-state index contributed by atoms with van der Waals surface area (Å²) < 4.78 is 6.51. The van der Waals surface area contributed by atoms with E-state index < -0.39 is 0 Å². The molecule has 0 spiro atoms. The maximum Gasteiger partial charge on any atom is 0.305 e. The summed E-state index contributed by atoms with van der Waals surface area (Å²) in [6.45, 7) is 3.85. The molecular formula is C23H21ClN4O3. The predicted molar refractivity (Wildman–Crippen MR) is 117 cm³/mol. The SMILES string of the molecule is COC(=O)CCc1c(C)nn(-c2ccc(C(=O)Nc3ccc(C#N)c(Cl)c3)cc2)c1C. The summed E-state index contributed by atoms with van der Waals surface area (Å²) in [7, 11) is 1.37. The van der Waals surface area contributed by atoms with E-state index in [9.17, 15) is 9.59 Å². The van der Waals surface area contributed by atoms with Gasteiger partial charge in [0.1, 0.15) is 6.07 Å². The quantitative estimate of drug-likeness (QED) is 0.578. The Balaban J connectivity index is 1.76. The molecule has 1 N–H and O–H groups in total. The number of hydrogen-bond acceptors (Lipinski definition) is 5. The van der Waals surface area contributed by atoms with Crippen LogP contribution in [0.5, 0.6) is 0 Å². The number of nitrogens with one attached hydrogen (secondary N) is 1. The highest BCUT2D eigenvalue weighted by Crippen LogP contribution is 2.22. The molecular weight excluding hydrogens is 416 g/mol. The van der Waals surface area contributed by atoms with Crippen molar-refractivity contribution >= 4 is 29.2 Å². The third-order valence-corrected chi connectivity index (χ3v) is 5.28. The number of hydrogen-bond donors (Lipinski definition) is 1. The van der Waals surface area contributed by atoms with Crippen LogP contribution in [-0.4, -0.2) is 28.8 Å². The first-order valence-electron chi connectivity index (χ1n) is 9.57. The zero-order valence-electron chi connectivity index (χ0n) is 17.4. The first kappa shape index (κ1) is 22.1. The normalized spacial score (nSPS) is 10.4. The van der Waals surface area contributed by atoms with Crippen LogP contribution in [0.4, 0.5) is 5.69 Å². The van der Waals surface area contributed by atoms with Crippen molar-refractivity contribution in [3.8, 4) is 11.8 Å². The van der Waals surface area contributed by atoms with Crippen molar-refractivity contribution in [3.63, 3.8) is 0 Å². The van der Waals surface area contributed by atoms with Crippen molar-refractivity contribution in [3.05, 3.63) is 75.6 Å². The van der Waals surface area contributed by atoms with Gasteiger partial charge in [-0.25, -0.2) is 4.68 Å². The number of anilines is 1. The molecule has 0 aliphatic rings. The van der Waals surface area contributed by atoms with Gasteiger partial charge in [0, 0.05) is 23.4 Å². The molecule has 1 heterocycles. The summed E-state index contributed by atoms with van der Waals surface area (Å²) in [6.07, 6.45) is 0.848. The van der Waals surface area contributed by atoms with Crippen LogP contribution < -0.4 is 5.32 Å². The van der Waals surface area contributed by atoms with Gasteiger partial charge in [-0.05, 0) is 68.3 Å². The molecule has 0 saturated carbocycles. The van der Waals surface area contributed by atoms with Crippen LogP contribution in [0.2, 0.25) is 5.02 Å². The third-order valence-electron chi connectivity index (χ3n) is 4.97. The highest BCUT2D eigenvalue weighted by molar-refractivity contribution is 6.32. The van der Waals surface area contributed by atoms with Crippen molar-refractivity contribution < 1.29 is 14.3 Å². The fourth-order valence-corrected chi connectivity index (χ4v) is 3.48. The Labute approximate surface area is 185 Å². The van der Waals surface area contributed by atoms with Gasteiger partial charge in [-0.1, -0.05) is 11.6 Å². The zero-order chi connectivity index (χ0) is 22.5. The predicted octanol–water partition coefficient (Wildman–Crippen LogP) is 4.37. The Bertz CT molecular complexity index is 1180. The topological polar surface area (TPSA) is 97.0 Å². The average molecular weight is 437 g/mol. The minimum Gasteiger partial charge on any atom is -0.469 e. The number of esters is 1. The number of aryl methyl sites for hydroxylation is 1. The van der Waals surface area contributed by atoms with Crippen LogP contribution in [0, 0.1) is 25.2 Å². The number of carbonyl (C=O) groups is 2. The zero-order valence-corrected chi connectivity index (χ0v) is 18.2. The van der Waals surface area contributed by atoms with Crippen LogP contribution in [0.1, 0.15) is 39.3 Å². The molecule has 0 unspecified atom stereocenters. The van der Waals surface area contributed by atoms with Crippen LogP contribution in [0.25, 0.3) is 5.69 Å². The van der Waals surface area contributed by atoms with Crippen molar-refractivity contribution in [2.45, 2.75) is 26.7 Å². The monoisotopic (exact) mass is 436 g/mol. The molecule has 0 aliphatic carbocycles. The van der Waals surface area contributed by atoms with Gasteiger partial charge in [-0.3, -0.25) is 9.59 Å². The van der Waals surface area contributed by atoms with Crippen molar-refractivity contribution in [2.75, 3.05) is 12.4 Å². The molecule has 0 aliphatic heterocycles. The lowest BCUT2D eigenvalue weighted by Gasteiger charge is -2.09. The van der Waals surface area contributed by atoms with Gasteiger partial charge >= 0.3 is 5.97 Å². The van der Waals surface area contributed by atoms with Gasteiger partial charge in [0.05, 0.1) is 29.1 Å². The number of nitriles is 1. The van der Waals surface area contributed by atoms with Crippen molar-refractivity contribution in [1.82, 2.24) is 9.78 Å². The van der Waals surface area contributed by atoms with E-state index in [4.69, 9.17) is 21.6 Å². The fourth-order valence-electron chi connectivity index (χ4n) is 3.26. The summed E-state index contributed by atoms with van der Waals surface area (Å²) in [4.78, 5) is 24.0. The van der Waals surface area contributed by atoms with E-state index in [1.165, 1.54) is 13.2 Å². The lowest BCUT2D eigenvalue weighted by molar-refractivity contribution is -0.140. The summed E-state index contributed by atoms with van der Waals surface area (Å²) in [5.74, 6) is -0.551. The number of halogens is 1. The van der Waals surface area contributed by atoms with E-state index in [2.05, 4.69) is 10.4 Å². The van der Waals surface area contributed by atoms with E-state index in [1.807, 2.05) is 32.0 Å². The van der Waals surface area contributed by atoms with Crippen LogP contribution in [-0.2, 0) is 16.0 Å². The molecule has 0 fully saturated rings. The van der Waals surface area contributed by atoms with Crippen molar-refractivity contribution in [2.24, 2.45) is 0 Å². The van der Waals surface area contributed by atoms with Gasteiger partial charge in [-0.15, -0.1) is 0 Å². The third kappa shape index (κ3) is 4.93. The number of amides is 1. The van der Waals surface area contributed by atoms with Gasteiger partial charge < -0.3 is 10.1 Å². The second kappa shape index (κ2) is 9.45. The van der Waals surface area contributed by atoms with E-state index in [-0.39, 0.29) is 16.9 Å². The van der Waals surface area contributed by atoms with Crippen LogP contribution in [0.15, 0.2) is 42.5 Å². The number of nitrogens with zero attached hydrogens (tertiary/aromatic N) is 3. The number of ether oxygens (including phenoxy) is 1. The average Bonchev–Trinajstić information content (AvgIpc) is 3.05. The Morgan fingerprint density at radius 3 is 2.52 bits per heavy atom. The maximum atomic E-state index is 12.5. The van der Waals surface area contributed by atoms with Crippen LogP contribution in [0.3, 0.4) is 0 Å². The fraction of sp³-hybridized carbons (Fsp3) is 0.217.